The predicted molar refractivity (Wildman–Crippen MR) is 129 cm³/mol. The van der Waals surface area contributed by atoms with E-state index in [4.69, 9.17) is 42.1 Å². The number of hydrogen-bond donors (Lipinski definition) is 1. The highest BCUT2D eigenvalue weighted by Crippen LogP contribution is 2.38. The maximum Gasteiger partial charge on any atom is 0.345 e. The second-order valence-electron chi connectivity index (χ2n) is 6.70. The van der Waals surface area contributed by atoms with Gasteiger partial charge >= 0.3 is 5.97 Å². The lowest BCUT2D eigenvalue weighted by Crippen LogP contribution is -2.18. The van der Waals surface area contributed by atoms with Crippen molar-refractivity contribution in [3.63, 3.8) is 0 Å². The molecule has 0 saturated carbocycles. The average molecular weight is 503 g/mol. The molecule has 0 saturated heterocycles. The summed E-state index contributed by atoms with van der Waals surface area (Å²) in [6.07, 6.45) is 1.41. The van der Waals surface area contributed by atoms with Crippen LogP contribution < -0.4 is 24.4 Å². The fourth-order valence-electron chi connectivity index (χ4n) is 2.92. The maximum atomic E-state index is 12.5. The number of carbonyl (C=O) groups is 2. The van der Waals surface area contributed by atoms with Crippen molar-refractivity contribution in [3.05, 3.63) is 81.3 Å². The van der Waals surface area contributed by atoms with Crippen molar-refractivity contribution < 1.29 is 28.5 Å². The molecule has 176 valence electrons. The Labute approximate surface area is 206 Å². The van der Waals surface area contributed by atoms with Gasteiger partial charge in [-0.2, -0.15) is 5.10 Å². The summed E-state index contributed by atoms with van der Waals surface area (Å²) in [5.41, 5.74) is 3.45. The molecule has 0 aliphatic heterocycles. The quantitative estimate of drug-likeness (QED) is 0.201. The van der Waals surface area contributed by atoms with Crippen molar-refractivity contribution >= 4 is 41.3 Å². The molecule has 0 radical (unpaired) electrons. The molecule has 1 N–H and O–H groups in total. The van der Waals surface area contributed by atoms with Crippen LogP contribution in [-0.4, -0.2) is 39.4 Å². The van der Waals surface area contributed by atoms with Crippen LogP contribution >= 0.6 is 23.2 Å². The third kappa shape index (κ3) is 5.98. The van der Waals surface area contributed by atoms with Crippen LogP contribution in [-0.2, 0) is 0 Å². The third-order valence-electron chi connectivity index (χ3n) is 4.53. The zero-order valence-corrected chi connectivity index (χ0v) is 19.9. The summed E-state index contributed by atoms with van der Waals surface area (Å²) in [6.45, 7) is 0. The molecule has 8 nitrogen and oxygen atoms in total. The Morgan fingerprint density at radius 2 is 1.62 bits per heavy atom. The van der Waals surface area contributed by atoms with Crippen LogP contribution in [0.4, 0.5) is 0 Å². The Hall–Kier alpha value is -3.75. The Morgan fingerprint density at radius 3 is 2.24 bits per heavy atom. The number of methoxy groups -OCH3 is 3. The highest BCUT2D eigenvalue weighted by atomic mass is 35.5. The molecule has 0 fully saturated rings. The molecule has 0 aromatic heterocycles. The Balaban J connectivity index is 1.69. The van der Waals surface area contributed by atoms with E-state index in [1.165, 1.54) is 51.8 Å². The van der Waals surface area contributed by atoms with E-state index >= 15 is 0 Å². The first-order valence-electron chi connectivity index (χ1n) is 9.77. The zero-order chi connectivity index (χ0) is 24.7. The maximum absolute atomic E-state index is 12.5. The van der Waals surface area contributed by atoms with E-state index < -0.39 is 11.9 Å². The van der Waals surface area contributed by atoms with Crippen molar-refractivity contribution in [3.8, 4) is 23.0 Å². The van der Waals surface area contributed by atoms with Crippen molar-refractivity contribution in [1.82, 2.24) is 5.43 Å². The van der Waals surface area contributed by atoms with Crippen LogP contribution in [0.1, 0.15) is 26.3 Å². The van der Waals surface area contributed by atoms with Gasteiger partial charge in [0.25, 0.3) is 5.91 Å². The number of amides is 1. The summed E-state index contributed by atoms with van der Waals surface area (Å²) < 4.78 is 21.1. The van der Waals surface area contributed by atoms with Gasteiger partial charge in [0.15, 0.2) is 11.5 Å². The molecular weight excluding hydrogens is 483 g/mol. The van der Waals surface area contributed by atoms with Gasteiger partial charge in [-0.1, -0.05) is 35.3 Å². The minimum Gasteiger partial charge on any atom is -0.493 e. The van der Waals surface area contributed by atoms with Gasteiger partial charge in [-0.15, -0.1) is 0 Å². The van der Waals surface area contributed by atoms with Crippen LogP contribution in [0.15, 0.2) is 59.7 Å². The number of nitrogens with one attached hydrogen (secondary N) is 1. The second kappa shape index (κ2) is 11.4. The lowest BCUT2D eigenvalue weighted by molar-refractivity contribution is 0.0734. The number of hydrogen-bond acceptors (Lipinski definition) is 7. The van der Waals surface area contributed by atoms with Crippen molar-refractivity contribution in [2.45, 2.75) is 0 Å². The summed E-state index contributed by atoms with van der Waals surface area (Å²) in [5, 5.41) is 4.56. The zero-order valence-electron chi connectivity index (χ0n) is 18.4. The molecular formula is C24H20Cl2N2O6. The van der Waals surface area contributed by atoms with Crippen LogP contribution in [0.2, 0.25) is 10.0 Å². The Morgan fingerprint density at radius 1 is 0.912 bits per heavy atom. The van der Waals surface area contributed by atoms with Gasteiger partial charge in [-0.05, 0) is 48.0 Å². The number of benzene rings is 3. The number of hydrazone groups is 1. The van der Waals surface area contributed by atoms with Crippen LogP contribution in [0.3, 0.4) is 0 Å². The van der Waals surface area contributed by atoms with Crippen molar-refractivity contribution in [2.75, 3.05) is 21.3 Å². The molecule has 0 aliphatic rings. The molecule has 10 heteroatoms. The first-order valence-corrected chi connectivity index (χ1v) is 10.5. The largest absolute Gasteiger partial charge is 0.493 e. The van der Waals surface area contributed by atoms with Gasteiger partial charge in [0.05, 0.1) is 38.1 Å². The van der Waals surface area contributed by atoms with Gasteiger partial charge in [0.2, 0.25) is 5.75 Å². The van der Waals surface area contributed by atoms with E-state index in [-0.39, 0.29) is 21.9 Å². The van der Waals surface area contributed by atoms with Gasteiger partial charge < -0.3 is 18.9 Å². The van der Waals surface area contributed by atoms with E-state index in [1.807, 2.05) is 0 Å². The molecule has 0 unspecified atom stereocenters. The average Bonchev–Trinajstić information content (AvgIpc) is 2.83. The van der Waals surface area contributed by atoms with E-state index in [0.29, 0.717) is 27.8 Å². The van der Waals surface area contributed by atoms with E-state index in [9.17, 15) is 9.59 Å². The standard InChI is InChI=1S/C24H20Cl2N2O6/c1-31-20-10-15(11-21(32-2)22(20)33-3)23(29)28-27-13-14-5-4-6-17(9-14)34-24(30)18-8-7-16(25)12-19(18)26/h4-13H,1-3H3,(H,28,29). The fourth-order valence-corrected chi connectivity index (χ4v) is 3.40. The number of carbonyl (C=O) groups excluding carboxylic acids is 2. The number of rotatable bonds is 8. The SMILES string of the molecule is COc1cc(C(=O)NN=Cc2cccc(OC(=O)c3ccc(Cl)cc3Cl)c2)cc(OC)c1OC. The van der Waals surface area contributed by atoms with Gasteiger partial charge in [-0.25, -0.2) is 10.2 Å². The van der Waals surface area contributed by atoms with Crippen LogP contribution in [0, 0.1) is 0 Å². The molecule has 0 bridgehead atoms. The highest BCUT2D eigenvalue weighted by molar-refractivity contribution is 6.36. The van der Waals surface area contributed by atoms with E-state index in [1.54, 1.807) is 30.3 Å². The molecule has 0 spiro atoms. The summed E-state index contributed by atoms with van der Waals surface area (Å²) in [5.74, 6) is 0.201. The van der Waals surface area contributed by atoms with E-state index in [0.717, 1.165) is 0 Å². The number of nitrogens with zero attached hydrogens (tertiary/aromatic N) is 1. The van der Waals surface area contributed by atoms with Crippen molar-refractivity contribution in [2.24, 2.45) is 5.10 Å². The Bertz CT molecular complexity index is 1220. The topological polar surface area (TPSA) is 95.5 Å². The molecule has 3 rings (SSSR count). The van der Waals surface area contributed by atoms with Gasteiger partial charge in [0.1, 0.15) is 5.75 Å². The molecule has 34 heavy (non-hydrogen) atoms. The first kappa shape index (κ1) is 24.9. The Kier molecular flexibility index (Phi) is 8.34. The second-order valence-corrected chi connectivity index (χ2v) is 7.54. The van der Waals surface area contributed by atoms with Gasteiger partial charge in [0, 0.05) is 10.6 Å². The van der Waals surface area contributed by atoms with Gasteiger partial charge in [-0.3, -0.25) is 4.79 Å². The number of halogens is 2. The summed E-state index contributed by atoms with van der Waals surface area (Å²) in [6, 6.07) is 14.1. The van der Waals surface area contributed by atoms with Crippen LogP contribution in [0.25, 0.3) is 0 Å². The first-order chi connectivity index (χ1) is 16.4. The summed E-state index contributed by atoms with van der Waals surface area (Å²) in [4.78, 5) is 24.9. The lowest BCUT2D eigenvalue weighted by atomic mass is 10.1. The minimum absolute atomic E-state index is 0.183. The third-order valence-corrected chi connectivity index (χ3v) is 5.07. The monoisotopic (exact) mass is 502 g/mol. The summed E-state index contributed by atoms with van der Waals surface area (Å²) >= 11 is 11.9. The molecule has 1 amide bonds. The molecule has 0 heterocycles. The predicted octanol–water partition coefficient (Wildman–Crippen LogP) is 5.00. The molecule has 3 aromatic rings. The lowest BCUT2D eigenvalue weighted by Gasteiger charge is -2.13. The smallest absolute Gasteiger partial charge is 0.345 e. The number of ether oxygens (including phenoxy) is 4. The molecule has 0 aliphatic carbocycles. The van der Waals surface area contributed by atoms with Crippen LogP contribution in [0.5, 0.6) is 23.0 Å². The molecule has 3 aromatic carbocycles. The summed E-state index contributed by atoms with van der Waals surface area (Å²) in [7, 11) is 4.38. The van der Waals surface area contributed by atoms with E-state index in [2.05, 4.69) is 10.5 Å². The highest BCUT2D eigenvalue weighted by Gasteiger charge is 2.17. The minimum atomic E-state index is -0.633. The normalized spacial score (nSPS) is 10.6. The fraction of sp³-hybridized carbons (Fsp3) is 0.125. The number of esters is 1. The molecule has 0 atom stereocenters. The van der Waals surface area contributed by atoms with Crippen molar-refractivity contribution in [1.29, 1.82) is 0 Å².